The predicted molar refractivity (Wildman–Crippen MR) is 190 cm³/mol. The Kier molecular flexibility index (Phi) is 9.72. The third kappa shape index (κ3) is 6.68. The zero-order valence-electron chi connectivity index (χ0n) is 27.2. The van der Waals surface area contributed by atoms with Crippen molar-refractivity contribution in [3.8, 4) is 34.1 Å². The van der Waals surface area contributed by atoms with Crippen LogP contribution in [0.25, 0.3) is 44.4 Å². The normalized spacial score (nSPS) is 11.4. The van der Waals surface area contributed by atoms with Crippen LogP contribution in [0.4, 0.5) is 0 Å². The van der Waals surface area contributed by atoms with Gasteiger partial charge < -0.3 is 9.30 Å². The number of ether oxygens (including phenoxy) is 1. The maximum atomic E-state index is 6.39. The van der Waals surface area contributed by atoms with E-state index < -0.39 is 0 Å². The van der Waals surface area contributed by atoms with E-state index in [2.05, 4.69) is 112 Å². The first-order valence-electron chi connectivity index (χ1n) is 15.8. The zero-order chi connectivity index (χ0) is 31.8. The minimum Gasteiger partial charge on any atom is -0.509 e. The van der Waals surface area contributed by atoms with Crippen LogP contribution < -0.4 is 4.74 Å². The fourth-order valence-corrected chi connectivity index (χ4v) is 7.17. The fraction of sp³-hybridized carbons (Fsp3) is 0.200. The van der Waals surface area contributed by atoms with Crippen LogP contribution in [0.5, 0.6) is 11.5 Å². The van der Waals surface area contributed by atoms with Crippen molar-refractivity contribution in [3.63, 3.8) is 0 Å². The molecule has 3 aromatic heterocycles. The Morgan fingerprint density at radius 1 is 0.872 bits per heavy atom. The molecule has 0 saturated carbocycles. The summed E-state index contributed by atoms with van der Waals surface area (Å²) in [6, 6.07) is 34.2. The van der Waals surface area contributed by atoms with E-state index in [1.54, 1.807) is 0 Å². The molecule has 4 aromatic carbocycles. The molecule has 3 heterocycles. The maximum Gasteiger partial charge on any atom is 2.00 e. The molecule has 47 heavy (non-hydrogen) atoms. The first-order valence-corrected chi connectivity index (χ1v) is 16.8. The number of nitrogens with zero attached hydrogens (tertiary/aromatic N) is 4. The van der Waals surface area contributed by atoms with E-state index in [9.17, 15) is 0 Å². The molecule has 0 aliphatic rings. The van der Waals surface area contributed by atoms with Crippen LogP contribution in [-0.2, 0) is 27.5 Å². The third-order valence-corrected chi connectivity index (χ3v) is 9.01. The van der Waals surface area contributed by atoms with Crippen molar-refractivity contribution in [1.29, 1.82) is 0 Å². The second-order valence-corrected chi connectivity index (χ2v) is 13.4. The smallest absolute Gasteiger partial charge is 0.509 e. The largest absolute Gasteiger partial charge is 2.00 e. The van der Waals surface area contributed by atoms with Gasteiger partial charge in [0.2, 0.25) is 0 Å². The predicted octanol–water partition coefficient (Wildman–Crippen LogP) is 10.3. The molecule has 0 fully saturated rings. The molecule has 238 valence electrons. The minimum atomic E-state index is 0. The van der Waals surface area contributed by atoms with Gasteiger partial charge in [-0.3, -0.25) is 4.68 Å². The van der Waals surface area contributed by atoms with Gasteiger partial charge in [0.1, 0.15) is 5.82 Å². The van der Waals surface area contributed by atoms with Gasteiger partial charge in [-0.25, -0.2) is 4.98 Å². The molecule has 0 saturated heterocycles. The maximum absolute atomic E-state index is 6.39. The molecule has 0 bridgehead atoms. The molecule has 0 aliphatic heterocycles. The summed E-state index contributed by atoms with van der Waals surface area (Å²) in [5, 5.41) is 6.95. The van der Waals surface area contributed by atoms with Crippen molar-refractivity contribution >= 4 is 33.6 Å². The van der Waals surface area contributed by atoms with Crippen molar-refractivity contribution in [2.24, 2.45) is 5.92 Å². The number of thioether (sulfide) groups is 1. The Morgan fingerprint density at radius 2 is 1.66 bits per heavy atom. The number of fused-ring (bicyclic) bond motifs is 3. The second kappa shape index (κ2) is 13.9. The Hall–Kier alpha value is -4.12. The number of rotatable bonds is 9. The Bertz CT molecular complexity index is 2180. The van der Waals surface area contributed by atoms with E-state index >= 15 is 0 Å². The number of benzene rings is 4. The standard InChI is InChI=1S/C40H36N4OS.Pt/c1-6-46-34-19-27(4)40(28(5)20-34)30-24-42-43(25-30)31-10-9-11-32(22-31)45-33-14-15-36-35-12-7-8-13-37(35)44(38(36)23-33)39-21-29(16-17-41-39)18-26(2)3;/h7-17,19-21,24-26H,6,18H2,1-5H3;/q-2;+2. The molecule has 7 rings (SSSR count). The summed E-state index contributed by atoms with van der Waals surface area (Å²) in [6.45, 7) is 11.0. The fourth-order valence-electron chi connectivity index (χ4n) is 6.31. The van der Waals surface area contributed by atoms with E-state index in [1.165, 1.54) is 27.1 Å². The van der Waals surface area contributed by atoms with E-state index in [1.807, 2.05) is 53.1 Å². The van der Waals surface area contributed by atoms with Crippen molar-refractivity contribution < 1.29 is 25.8 Å². The van der Waals surface area contributed by atoms with Gasteiger partial charge in [-0.2, -0.15) is 17.2 Å². The van der Waals surface area contributed by atoms with Crippen molar-refractivity contribution in [1.82, 2.24) is 19.3 Å². The Morgan fingerprint density at radius 3 is 2.45 bits per heavy atom. The number of hydrogen-bond donors (Lipinski definition) is 0. The third-order valence-electron chi connectivity index (χ3n) is 8.15. The monoisotopic (exact) mass is 815 g/mol. The number of pyridine rings is 1. The summed E-state index contributed by atoms with van der Waals surface area (Å²) in [7, 11) is 0. The molecule has 0 N–H and O–H groups in total. The van der Waals surface area contributed by atoms with Crippen molar-refractivity contribution in [2.75, 3.05) is 5.75 Å². The van der Waals surface area contributed by atoms with Crippen LogP contribution in [0.15, 0.2) is 102 Å². The van der Waals surface area contributed by atoms with E-state index in [-0.39, 0.29) is 21.1 Å². The average molecular weight is 816 g/mol. The first kappa shape index (κ1) is 32.8. The van der Waals surface area contributed by atoms with Crippen molar-refractivity contribution in [3.05, 3.63) is 126 Å². The molecule has 0 amide bonds. The topological polar surface area (TPSA) is 44.9 Å². The van der Waals surface area contributed by atoms with E-state index in [4.69, 9.17) is 14.8 Å². The number of aromatic nitrogens is 4. The van der Waals surface area contributed by atoms with E-state index in [0.29, 0.717) is 17.4 Å². The van der Waals surface area contributed by atoms with Crippen LogP contribution >= 0.6 is 11.8 Å². The van der Waals surface area contributed by atoms with Crippen LogP contribution in [-0.4, -0.2) is 25.1 Å². The van der Waals surface area contributed by atoms with E-state index in [0.717, 1.165) is 51.0 Å². The van der Waals surface area contributed by atoms with Gasteiger partial charge >= 0.3 is 21.1 Å². The molecule has 0 unspecified atom stereocenters. The van der Waals surface area contributed by atoms with Gasteiger partial charge in [0.05, 0.1) is 6.20 Å². The Balaban J connectivity index is 0.00000386. The summed E-state index contributed by atoms with van der Waals surface area (Å²) in [6.07, 6.45) is 6.89. The molecular weight excluding hydrogens is 780 g/mol. The molecule has 7 aromatic rings. The van der Waals surface area contributed by atoms with Crippen LogP contribution in [0.3, 0.4) is 0 Å². The molecule has 5 nitrogen and oxygen atoms in total. The molecular formula is C40H36N4OPtS. The number of para-hydroxylation sites is 1. The quantitative estimate of drug-likeness (QED) is 0.108. The van der Waals surface area contributed by atoms with Gasteiger partial charge in [0.15, 0.2) is 0 Å². The summed E-state index contributed by atoms with van der Waals surface area (Å²) in [4.78, 5) is 6.08. The second-order valence-electron chi connectivity index (χ2n) is 12.1. The van der Waals surface area contributed by atoms with Gasteiger partial charge in [0, 0.05) is 39.9 Å². The average Bonchev–Trinajstić information content (AvgIpc) is 3.64. The minimum absolute atomic E-state index is 0. The van der Waals surface area contributed by atoms with Crippen LogP contribution in [0, 0.1) is 31.9 Å². The van der Waals surface area contributed by atoms with Gasteiger partial charge in [-0.1, -0.05) is 44.5 Å². The summed E-state index contributed by atoms with van der Waals surface area (Å²) in [5.74, 6) is 3.71. The van der Waals surface area contributed by atoms with Gasteiger partial charge in [0.25, 0.3) is 0 Å². The van der Waals surface area contributed by atoms with Gasteiger partial charge in [-0.05, 0) is 95.6 Å². The number of aryl methyl sites for hydroxylation is 2. The molecule has 0 aliphatic carbocycles. The van der Waals surface area contributed by atoms with Crippen LogP contribution in [0.1, 0.15) is 37.5 Å². The van der Waals surface area contributed by atoms with Crippen molar-refractivity contribution in [2.45, 2.75) is 45.9 Å². The number of hydrogen-bond acceptors (Lipinski definition) is 4. The molecule has 0 radical (unpaired) electrons. The van der Waals surface area contributed by atoms with Gasteiger partial charge in [-0.15, -0.1) is 47.5 Å². The SMILES string of the molecule is CCSc1cc(C)c(-c2cnn(-c3[c-]c(Oc4[c-]c5c(cc4)c4ccccc4n5-c4cc(CC(C)C)ccn4)ccc3)c2)c(C)c1.[Pt+2]. The summed E-state index contributed by atoms with van der Waals surface area (Å²) in [5.41, 5.74) is 8.90. The molecule has 0 spiro atoms. The molecule has 0 atom stereocenters. The summed E-state index contributed by atoms with van der Waals surface area (Å²) < 4.78 is 10.4. The first-order chi connectivity index (χ1) is 22.4. The molecule has 7 heteroatoms. The van der Waals surface area contributed by atoms with Crippen LogP contribution in [0.2, 0.25) is 0 Å². The zero-order valence-corrected chi connectivity index (χ0v) is 30.2. The Labute approximate surface area is 295 Å². The summed E-state index contributed by atoms with van der Waals surface area (Å²) >= 11 is 1.87.